The van der Waals surface area contributed by atoms with E-state index < -0.39 is 11.7 Å². The fourth-order valence-electron chi connectivity index (χ4n) is 1.27. The molecule has 0 aromatic carbocycles. The molecule has 0 aromatic rings. The topological polar surface area (TPSA) is 64.6 Å². The molecule has 0 bridgehead atoms. The first-order chi connectivity index (χ1) is 6.87. The third kappa shape index (κ3) is 4.78. The maximum absolute atomic E-state index is 11.3. The van der Waals surface area contributed by atoms with E-state index in [0.29, 0.717) is 13.0 Å². The van der Waals surface area contributed by atoms with E-state index in [9.17, 15) is 9.59 Å². The first-order valence-electron chi connectivity index (χ1n) is 4.96. The number of amides is 1. The van der Waals surface area contributed by atoms with Gasteiger partial charge in [0.2, 0.25) is 0 Å². The Morgan fingerprint density at radius 2 is 2.20 bits per heavy atom. The highest BCUT2D eigenvalue weighted by atomic mass is 16.6. The molecule has 1 rings (SSSR count). The summed E-state index contributed by atoms with van der Waals surface area (Å²) >= 11 is 0. The molecule has 1 aliphatic heterocycles. The normalized spacial score (nSPS) is 22.3. The smallest absolute Gasteiger partial charge is 0.407 e. The van der Waals surface area contributed by atoms with Gasteiger partial charge in [0.25, 0.3) is 0 Å². The summed E-state index contributed by atoms with van der Waals surface area (Å²) in [6.45, 7) is 5.87. The van der Waals surface area contributed by atoms with Gasteiger partial charge in [-0.2, -0.15) is 0 Å². The molecule has 1 N–H and O–H groups in total. The van der Waals surface area contributed by atoms with Crippen molar-refractivity contribution in [2.75, 3.05) is 13.2 Å². The maximum atomic E-state index is 11.3. The Morgan fingerprint density at radius 3 is 2.73 bits per heavy atom. The Kier molecular flexibility index (Phi) is 3.68. The van der Waals surface area contributed by atoms with E-state index >= 15 is 0 Å². The van der Waals surface area contributed by atoms with Gasteiger partial charge < -0.3 is 14.8 Å². The third-order valence-electron chi connectivity index (χ3n) is 1.78. The molecule has 1 atom stereocenters. The summed E-state index contributed by atoms with van der Waals surface area (Å²) in [6.07, 6.45) is -0.190. The molecule has 1 fully saturated rings. The minimum Gasteiger partial charge on any atom is -0.444 e. The number of hydrogen-bond acceptors (Lipinski definition) is 4. The average molecular weight is 215 g/mol. The standard InChI is InChI=1S/C10H17NO4/c1-10(2,3)15-9(13)11-7-4-8(12)6-14-5-7/h7H,4-6H2,1-3H3,(H,11,13)/t7-/m0/s1. The van der Waals surface area contributed by atoms with E-state index in [1.165, 1.54) is 0 Å². The van der Waals surface area contributed by atoms with Gasteiger partial charge in [0.05, 0.1) is 12.6 Å². The molecule has 1 aliphatic rings. The number of alkyl carbamates (subject to hydrolysis) is 1. The molecule has 0 saturated carbocycles. The van der Waals surface area contributed by atoms with E-state index in [1.807, 2.05) is 0 Å². The molecule has 1 amide bonds. The number of rotatable bonds is 1. The highest BCUT2D eigenvalue weighted by Crippen LogP contribution is 2.08. The van der Waals surface area contributed by atoms with Gasteiger partial charge in [0, 0.05) is 6.42 Å². The van der Waals surface area contributed by atoms with Crippen molar-refractivity contribution in [2.45, 2.75) is 38.8 Å². The molecular weight excluding hydrogens is 198 g/mol. The zero-order valence-electron chi connectivity index (χ0n) is 9.33. The second-order valence-electron chi connectivity index (χ2n) is 4.60. The van der Waals surface area contributed by atoms with Gasteiger partial charge in [-0.25, -0.2) is 4.79 Å². The molecule has 5 heteroatoms. The first kappa shape index (κ1) is 12.0. The molecule has 1 saturated heterocycles. The first-order valence-corrected chi connectivity index (χ1v) is 4.96. The largest absolute Gasteiger partial charge is 0.444 e. The average Bonchev–Trinajstić information content (AvgIpc) is 1.99. The van der Waals surface area contributed by atoms with Gasteiger partial charge in [-0.3, -0.25) is 4.79 Å². The number of ether oxygens (including phenoxy) is 2. The van der Waals surface area contributed by atoms with Crippen LogP contribution in [0.3, 0.4) is 0 Å². The van der Waals surface area contributed by atoms with Crippen molar-refractivity contribution in [3.8, 4) is 0 Å². The number of Topliss-reactive ketones (excluding diaryl/α,β-unsaturated/α-hetero) is 1. The van der Waals surface area contributed by atoms with Crippen molar-refractivity contribution < 1.29 is 19.1 Å². The van der Waals surface area contributed by atoms with Crippen LogP contribution < -0.4 is 5.32 Å². The van der Waals surface area contributed by atoms with Crippen LogP contribution in [0.15, 0.2) is 0 Å². The van der Waals surface area contributed by atoms with Crippen LogP contribution in [0.4, 0.5) is 4.79 Å². The SMILES string of the molecule is CC(C)(C)OC(=O)N[C@@H]1COCC(=O)C1. The summed E-state index contributed by atoms with van der Waals surface area (Å²) < 4.78 is 10.1. The fraction of sp³-hybridized carbons (Fsp3) is 0.800. The summed E-state index contributed by atoms with van der Waals surface area (Å²) in [4.78, 5) is 22.4. The van der Waals surface area contributed by atoms with E-state index in [4.69, 9.17) is 9.47 Å². The number of nitrogens with one attached hydrogen (secondary N) is 1. The van der Waals surface area contributed by atoms with E-state index in [2.05, 4.69) is 5.32 Å². The Hall–Kier alpha value is -1.10. The Balaban J connectivity index is 2.34. The van der Waals surface area contributed by atoms with Gasteiger partial charge in [-0.15, -0.1) is 0 Å². The number of ketones is 1. The molecule has 0 aromatic heterocycles. The molecule has 86 valence electrons. The summed E-state index contributed by atoms with van der Waals surface area (Å²) in [5.74, 6) is 0.00214. The molecule has 0 spiro atoms. The second kappa shape index (κ2) is 4.61. The Bertz CT molecular complexity index is 257. The van der Waals surface area contributed by atoms with E-state index in [0.717, 1.165) is 0 Å². The van der Waals surface area contributed by atoms with Crippen LogP contribution in [0.1, 0.15) is 27.2 Å². The number of carbonyl (C=O) groups excluding carboxylic acids is 2. The van der Waals surface area contributed by atoms with Crippen LogP contribution in [-0.4, -0.2) is 36.7 Å². The summed E-state index contributed by atoms with van der Waals surface area (Å²) in [5.41, 5.74) is -0.524. The van der Waals surface area contributed by atoms with Gasteiger partial charge >= 0.3 is 6.09 Å². The molecule has 15 heavy (non-hydrogen) atoms. The third-order valence-corrected chi connectivity index (χ3v) is 1.78. The van der Waals surface area contributed by atoms with Crippen LogP contribution in [0, 0.1) is 0 Å². The van der Waals surface area contributed by atoms with Crippen LogP contribution >= 0.6 is 0 Å². The van der Waals surface area contributed by atoms with E-state index in [-0.39, 0.29) is 18.4 Å². The fourth-order valence-corrected chi connectivity index (χ4v) is 1.27. The predicted octanol–water partition coefficient (Wildman–Crippen LogP) is 0.869. The summed E-state index contributed by atoms with van der Waals surface area (Å²) in [5, 5.41) is 2.60. The van der Waals surface area contributed by atoms with Crippen molar-refractivity contribution in [3.05, 3.63) is 0 Å². The van der Waals surface area contributed by atoms with Crippen molar-refractivity contribution in [1.29, 1.82) is 0 Å². The van der Waals surface area contributed by atoms with Crippen LogP contribution in [0.5, 0.6) is 0 Å². The summed E-state index contributed by atoms with van der Waals surface area (Å²) in [6, 6.07) is -0.263. The molecule has 5 nitrogen and oxygen atoms in total. The molecule has 0 unspecified atom stereocenters. The molecule has 1 heterocycles. The van der Waals surface area contributed by atoms with Crippen LogP contribution in [-0.2, 0) is 14.3 Å². The summed E-state index contributed by atoms with van der Waals surface area (Å²) in [7, 11) is 0. The lowest BCUT2D eigenvalue weighted by molar-refractivity contribution is -0.128. The Labute approximate surface area is 89.1 Å². The number of hydrogen-bond donors (Lipinski definition) is 1. The second-order valence-corrected chi connectivity index (χ2v) is 4.60. The van der Waals surface area contributed by atoms with Crippen molar-refractivity contribution in [1.82, 2.24) is 5.32 Å². The van der Waals surface area contributed by atoms with Crippen LogP contribution in [0.2, 0.25) is 0 Å². The molecule has 0 radical (unpaired) electrons. The Morgan fingerprint density at radius 1 is 1.53 bits per heavy atom. The lowest BCUT2D eigenvalue weighted by Gasteiger charge is -2.25. The van der Waals surface area contributed by atoms with Gasteiger partial charge in [-0.1, -0.05) is 0 Å². The highest BCUT2D eigenvalue weighted by Gasteiger charge is 2.24. The molecule has 0 aliphatic carbocycles. The van der Waals surface area contributed by atoms with Gasteiger partial charge in [-0.05, 0) is 20.8 Å². The van der Waals surface area contributed by atoms with Crippen molar-refractivity contribution >= 4 is 11.9 Å². The quantitative estimate of drug-likeness (QED) is 0.705. The highest BCUT2D eigenvalue weighted by molar-refractivity contribution is 5.81. The zero-order valence-corrected chi connectivity index (χ0v) is 9.33. The lowest BCUT2D eigenvalue weighted by atomic mass is 10.1. The van der Waals surface area contributed by atoms with Gasteiger partial charge in [0.1, 0.15) is 12.2 Å². The monoisotopic (exact) mass is 215 g/mol. The number of carbonyl (C=O) groups is 2. The van der Waals surface area contributed by atoms with Crippen LogP contribution in [0.25, 0.3) is 0 Å². The lowest BCUT2D eigenvalue weighted by Crippen LogP contribution is -2.45. The van der Waals surface area contributed by atoms with Crippen molar-refractivity contribution in [3.63, 3.8) is 0 Å². The maximum Gasteiger partial charge on any atom is 0.407 e. The van der Waals surface area contributed by atoms with E-state index in [1.54, 1.807) is 20.8 Å². The minimum atomic E-state index is -0.524. The van der Waals surface area contributed by atoms with Gasteiger partial charge in [0.15, 0.2) is 5.78 Å². The molecular formula is C10H17NO4. The predicted molar refractivity (Wildman–Crippen MR) is 53.6 cm³/mol. The van der Waals surface area contributed by atoms with Crippen molar-refractivity contribution in [2.24, 2.45) is 0 Å². The minimum absolute atomic E-state index is 0.00214. The zero-order chi connectivity index (χ0) is 11.5.